The van der Waals surface area contributed by atoms with Crippen LogP contribution in [0.5, 0.6) is 0 Å². The van der Waals surface area contributed by atoms with Gasteiger partial charge in [0, 0.05) is 28.7 Å². The quantitative estimate of drug-likeness (QED) is 0.597. The molecule has 1 aromatic heterocycles. The van der Waals surface area contributed by atoms with E-state index in [-0.39, 0.29) is 6.54 Å². The number of nitrogens with zero attached hydrogens (tertiary/aromatic N) is 3. The molecule has 0 atom stereocenters. The Balaban J connectivity index is 2.57. The smallest absolute Gasteiger partial charge is 0.235 e. The van der Waals surface area contributed by atoms with Crippen LogP contribution >= 0.6 is 0 Å². The third kappa shape index (κ3) is 2.16. The molecule has 0 N–H and O–H groups in total. The fraction of sp³-hybridized carbons (Fsp3) is 0.0833. The topological polar surface area (TPSA) is 71.9 Å². The van der Waals surface area contributed by atoms with Gasteiger partial charge in [-0.1, -0.05) is 18.2 Å². The summed E-state index contributed by atoms with van der Waals surface area (Å²) >= 11 is 0. The molecule has 0 saturated heterocycles. The van der Waals surface area contributed by atoms with Crippen molar-refractivity contribution in [1.82, 2.24) is 4.57 Å². The third-order valence-corrected chi connectivity index (χ3v) is 2.44. The van der Waals surface area contributed by atoms with Crippen molar-refractivity contribution >= 4 is 17.0 Å². The molecule has 5 nitrogen and oxygen atoms in total. The minimum atomic E-state index is -0.504. The molecule has 0 bridgehead atoms. The van der Waals surface area contributed by atoms with Crippen LogP contribution in [-0.2, 0) is 6.54 Å². The van der Waals surface area contributed by atoms with Crippen LogP contribution in [0.1, 0.15) is 5.56 Å². The van der Waals surface area contributed by atoms with Gasteiger partial charge in [0.15, 0.2) is 0 Å². The van der Waals surface area contributed by atoms with Crippen LogP contribution in [0.15, 0.2) is 36.7 Å². The van der Waals surface area contributed by atoms with E-state index in [0.29, 0.717) is 0 Å². The van der Waals surface area contributed by atoms with Crippen LogP contribution in [0, 0.1) is 21.4 Å². The molecule has 0 aliphatic carbocycles. The summed E-state index contributed by atoms with van der Waals surface area (Å²) in [5.74, 6) is 0. The lowest BCUT2D eigenvalue weighted by molar-refractivity contribution is -0.400. The Morgan fingerprint density at radius 1 is 1.47 bits per heavy atom. The van der Waals surface area contributed by atoms with Crippen LogP contribution in [0.25, 0.3) is 17.0 Å². The molecule has 5 heteroatoms. The minimum Gasteiger partial charge on any atom is -0.333 e. The van der Waals surface area contributed by atoms with Gasteiger partial charge >= 0.3 is 0 Å². The Hall–Kier alpha value is -2.61. The molecule has 17 heavy (non-hydrogen) atoms. The Morgan fingerprint density at radius 3 is 2.94 bits per heavy atom. The van der Waals surface area contributed by atoms with E-state index in [1.54, 1.807) is 10.8 Å². The van der Waals surface area contributed by atoms with Crippen molar-refractivity contribution in [2.24, 2.45) is 0 Å². The summed E-state index contributed by atoms with van der Waals surface area (Å²) in [7, 11) is 0. The summed E-state index contributed by atoms with van der Waals surface area (Å²) in [5.41, 5.74) is 1.64. The summed E-state index contributed by atoms with van der Waals surface area (Å²) < 4.78 is 1.77. The third-order valence-electron chi connectivity index (χ3n) is 2.44. The zero-order valence-electron chi connectivity index (χ0n) is 8.91. The number of rotatable bonds is 3. The molecule has 0 amide bonds. The second-order valence-corrected chi connectivity index (χ2v) is 3.49. The first kappa shape index (κ1) is 10.9. The molecule has 0 aliphatic rings. The van der Waals surface area contributed by atoms with Crippen molar-refractivity contribution in [1.29, 1.82) is 5.26 Å². The normalized spacial score (nSPS) is 10.8. The van der Waals surface area contributed by atoms with Crippen LogP contribution in [0.4, 0.5) is 0 Å². The highest BCUT2D eigenvalue weighted by Crippen LogP contribution is 2.22. The molecule has 0 aliphatic heterocycles. The van der Waals surface area contributed by atoms with Gasteiger partial charge in [0.1, 0.15) is 6.54 Å². The minimum absolute atomic E-state index is 0.229. The highest BCUT2D eigenvalue weighted by molar-refractivity contribution is 5.89. The number of fused-ring (bicyclic) bond motifs is 1. The van der Waals surface area contributed by atoms with E-state index >= 15 is 0 Å². The maximum Gasteiger partial charge on any atom is 0.235 e. The number of aromatic nitrogens is 1. The Kier molecular flexibility index (Phi) is 2.88. The predicted octanol–water partition coefficient (Wildman–Crippen LogP) is 2.41. The Bertz CT molecular complexity index is 635. The van der Waals surface area contributed by atoms with Gasteiger partial charge in [0.05, 0.1) is 11.0 Å². The Labute approximate surface area is 97.3 Å². The standard InChI is InChI=1S/C12H9N3O2/c13-6-8-14-9-10(5-7-15(16)17)11-3-1-2-4-12(11)14/h1-5,7,9H,8H2/b7-5-. The van der Waals surface area contributed by atoms with E-state index < -0.39 is 4.92 Å². The number of nitro groups is 1. The summed E-state index contributed by atoms with van der Waals surface area (Å²) in [4.78, 5) is 9.80. The molecule has 0 saturated carbocycles. The zero-order valence-corrected chi connectivity index (χ0v) is 8.91. The van der Waals surface area contributed by atoms with Crippen LogP contribution in [0.3, 0.4) is 0 Å². The Morgan fingerprint density at radius 2 is 2.24 bits per heavy atom. The fourth-order valence-corrected chi connectivity index (χ4v) is 1.76. The number of hydrogen-bond donors (Lipinski definition) is 0. The molecular formula is C12H9N3O2. The van der Waals surface area contributed by atoms with Gasteiger partial charge in [-0.2, -0.15) is 5.26 Å². The van der Waals surface area contributed by atoms with Crippen LogP contribution in [-0.4, -0.2) is 9.49 Å². The maximum atomic E-state index is 10.3. The molecule has 1 aromatic carbocycles. The number of nitriles is 1. The first-order valence-electron chi connectivity index (χ1n) is 4.99. The molecule has 0 unspecified atom stereocenters. The lowest BCUT2D eigenvalue weighted by atomic mass is 10.2. The molecule has 0 fully saturated rings. The van der Waals surface area contributed by atoms with Crippen molar-refractivity contribution < 1.29 is 4.92 Å². The van der Waals surface area contributed by atoms with Gasteiger partial charge < -0.3 is 4.57 Å². The molecule has 2 rings (SSSR count). The number of hydrogen-bond acceptors (Lipinski definition) is 3. The van der Waals surface area contributed by atoms with Crippen molar-refractivity contribution in [3.8, 4) is 6.07 Å². The van der Waals surface area contributed by atoms with Gasteiger partial charge in [-0.25, -0.2) is 0 Å². The number of para-hydroxylation sites is 1. The molecule has 2 aromatic rings. The van der Waals surface area contributed by atoms with Crippen molar-refractivity contribution in [3.63, 3.8) is 0 Å². The van der Waals surface area contributed by atoms with E-state index in [2.05, 4.69) is 6.07 Å². The van der Waals surface area contributed by atoms with Gasteiger partial charge in [-0.15, -0.1) is 0 Å². The lowest BCUT2D eigenvalue weighted by Crippen LogP contribution is -1.91. The first-order valence-corrected chi connectivity index (χ1v) is 4.99. The largest absolute Gasteiger partial charge is 0.333 e. The van der Waals surface area contributed by atoms with Crippen LogP contribution in [0.2, 0.25) is 0 Å². The summed E-state index contributed by atoms with van der Waals surface area (Å²) in [6.07, 6.45) is 4.09. The highest BCUT2D eigenvalue weighted by Gasteiger charge is 2.05. The summed E-state index contributed by atoms with van der Waals surface area (Å²) in [5, 5.41) is 19.9. The average molecular weight is 227 g/mol. The summed E-state index contributed by atoms with van der Waals surface area (Å²) in [6, 6.07) is 9.56. The van der Waals surface area contributed by atoms with Crippen molar-refractivity contribution in [3.05, 3.63) is 52.3 Å². The molecule has 84 valence electrons. The SMILES string of the molecule is N#CCn1cc(/C=C\[N+](=O)[O-])c2ccccc21. The second-order valence-electron chi connectivity index (χ2n) is 3.49. The van der Waals surface area contributed by atoms with E-state index in [1.165, 1.54) is 6.08 Å². The van der Waals surface area contributed by atoms with Crippen LogP contribution < -0.4 is 0 Å². The monoisotopic (exact) mass is 227 g/mol. The van der Waals surface area contributed by atoms with Gasteiger partial charge in [-0.3, -0.25) is 10.1 Å². The van der Waals surface area contributed by atoms with E-state index in [9.17, 15) is 10.1 Å². The van der Waals surface area contributed by atoms with E-state index in [0.717, 1.165) is 22.7 Å². The summed E-state index contributed by atoms with van der Waals surface area (Å²) in [6.45, 7) is 0.229. The molecule has 1 heterocycles. The lowest BCUT2D eigenvalue weighted by Gasteiger charge is -1.96. The molecular weight excluding hydrogens is 218 g/mol. The van der Waals surface area contributed by atoms with Crippen molar-refractivity contribution in [2.75, 3.05) is 0 Å². The van der Waals surface area contributed by atoms with Gasteiger partial charge in [0.2, 0.25) is 6.20 Å². The van der Waals surface area contributed by atoms with Gasteiger partial charge in [0.25, 0.3) is 0 Å². The van der Waals surface area contributed by atoms with Gasteiger partial charge in [-0.05, 0) is 6.07 Å². The average Bonchev–Trinajstić information content (AvgIpc) is 2.66. The maximum absolute atomic E-state index is 10.3. The fourth-order valence-electron chi connectivity index (χ4n) is 1.76. The number of benzene rings is 1. The first-order chi connectivity index (χ1) is 8.22. The van der Waals surface area contributed by atoms with Crippen molar-refractivity contribution in [2.45, 2.75) is 6.54 Å². The predicted molar refractivity (Wildman–Crippen MR) is 63.6 cm³/mol. The molecule has 0 radical (unpaired) electrons. The van der Waals surface area contributed by atoms with E-state index in [1.807, 2.05) is 24.3 Å². The molecule has 0 spiro atoms. The zero-order chi connectivity index (χ0) is 12.3. The van der Waals surface area contributed by atoms with E-state index in [4.69, 9.17) is 5.26 Å². The highest BCUT2D eigenvalue weighted by atomic mass is 16.6. The second kappa shape index (κ2) is 4.49.